The van der Waals surface area contributed by atoms with E-state index in [-0.39, 0.29) is 22.2 Å². The lowest BCUT2D eigenvalue weighted by Crippen LogP contribution is -2.42. The van der Waals surface area contributed by atoms with Gasteiger partial charge in [0.05, 0.1) is 23.2 Å². The number of ether oxygens (including phenoxy) is 1. The number of ketones is 1. The Morgan fingerprint density at radius 1 is 1.15 bits per heavy atom. The van der Waals surface area contributed by atoms with E-state index in [2.05, 4.69) is 31.0 Å². The fourth-order valence-corrected chi connectivity index (χ4v) is 6.07. The van der Waals surface area contributed by atoms with E-state index in [1.165, 1.54) is 0 Å². The van der Waals surface area contributed by atoms with Crippen molar-refractivity contribution in [1.82, 2.24) is 4.98 Å². The summed E-state index contributed by atoms with van der Waals surface area (Å²) < 4.78 is 6.07. The van der Waals surface area contributed by atoms with Crippen LogP contribution in [0.1, 0.15) is 54.9 Å². The fourth-order valence-electron chi connectivity index (χ4n) is 5.74. The lowest BCUT2D eigenvalue weighted by Gasteiger charge is -2.44. The molecule has 0 saturated heterocycles. The van der Waals surface area contributed by atoms with Gasteiger partial charge in [-0.15, -0.1) is 0 Å². The Bertz CT molecular complexity index is 1620. The van der Waals surface area contributed by atoms with E-state index in [1.54, 1.807) is 35.4 Å². The van der Waals surface area contributed by atoms with Crippen molar-refractivity contribution in [1.29, 1.82) is 5.26 Å². The largest absolute Gasteiger partial charge is 0.489 e. The molecule has 2 aliphatic rings. The monoisotopic (exact) mass is 572 g/mol. The molecule has 1 aromatic heterocycles. The summed E-state index contributed by atoms with van der Waals surface area (Å²) in [4.78, 5) is 19.9. The van der Waals surface area contributed by atoms with Crippen molar-refractivity contribution in [3.63, 3.8) is 0 Å². The van der Waals surface area contributed by atoms with Gasteiger partial charge in [0, 0.05) is 28.9 Å². The summed E-state index contributed by atoms with van der Waals surface area (Å²) in [7, 11) is 0. The zero-order valence-corrected chi connectivity index (χ0v) is 24.4. The van der Waals surface area contributed by atoms with E-state index in [9.17, 15) is 10.1 Å². The van der Waals surface area contributed by atoms with Crippen LogP contribution in [0.3, 0.4) is 0 Å². The number of nitrogens with two attached hydrogens (primary N) is 1. The van der Waals surface area contributed by atoms with E-state index in [0.717, 1.165) is 28.0 Å². The van der Waals surface area contributed by atoms with Crippen LogP contribution in [-0.2, 0) is 11.4 Å². The first-order valence-electron chi connectivity index (χ1n) is 13.1. The zero-order valence-electron chi connectivity index (χ0n) is 22.9. The van der Waals surface area contributed by atoms with Crippen LogP contribution in [-0.4, -0.2) is 10.8 Å². The summed E-state index contributed by atoms with van der Waals surface area (Å²) in [5.41, 5.74) is 12.5. The highest BCUT2D eigenvalue weighted by Crippen LogP contribution is 2.51. The smallest absolute Gasteiger partial charge is 0.162 e. The van der Waals surface area contributed by atoms with Crippen LogP contribution in [0.25, 0.3) is 0 Å². The number of nitriles is 1. The number of hydrogen-bond donors (Lipinski definition) is 1. The maximum absolute atomic E-state index is 13.9. The summed E-state index contributed by atoms with van der Waals surface area (Å²) in [6.07, 6.45) is 2.55. The van der Waals surface area contributed by atoms with Crippen LogP contribution in [0.4, 0.5) is 5.69 Å². The average molecular weight is 574 g/mol. The van der Waals surface area contributed by atoms with Gasteiger partial charge in [0.2, 0.25) is 0 Å². The molecule has 1 aliphatic heterocycles. The fraction of sp³-hybridized carbons (Fsp3) is 0.281. The Labute approximate surface area is 244 Å². The maximum Gasteiger partial charge on any atom is 0.162 e. The van der Waals surface area contributed by atoms with E-state index >= 15 is 0 Å². The third kappa shape index (κ3) is 5.08. The number of benzene rings is 2. The van der Waals surface area contributed by atoms with Crippen molar-refractivity contribution in [2.75, 3.05) is 4.90 Å². The molecule has 2 aromatic carbocycles. The maximum atomic E-state index is 13.9. The van der Waals surface area contributed by atoms with E-state index in [4.69, 9.17) is 33.7 Å². The lowest BCUT2D eigenvalue weighted by atomic mass is 9.68. The van der Waals surface area contributed by atoms with Gasteiger partial charge in [0.25, 0.3) is 0 Å². The number of carbonyl (C=O) groups excluding carboxylic acids is 1. The summed E-state index contributed by atoms with van der Waals surface area (Å²) in [5, 5.41) is 11.4. The zero-order chi connectivity index (χ0) is 28.8. The predicted octanol–water partition coefficient (Wildman–Crippen LogP) is 7.53. The molecule has 40 heavy (non-hydrogen) atoms. The van der Waals surface area contributed by atoms with Crippen LogP contribution < -0.4 is 15.4 Å². The molecule has 204 valence electrons. The van der Waals surface area contributed by atoms with Gasteiger partial charge in [-0.2, -0.15) is 5.26 Å². The highest BCUT2D eigenvalue weighted by atomic mass is 35.5. The normalized spacial score (nSPS) is 18.5. The number of carbonyl (C=O) groups is 1. The van der Waals surface area contributed by atoms with Crippen molar-refractivity contribution in [2.24, 2.45) is 11.1 Å². The number of pyridine rings is 1. The first kappa shape index (κ1) is 27.8. The van der Waals surface area contributed by atoms with Crippen molar-refractivity contribution in [3.05, 3.63) is 110 Å². The quantitative estimate of drug-likeness (QED) is 0.318. The Morgan fingerprint density at radius 3 is 2.55 bits per heavy atom. The molecule has 1 atom stereocenters. The molecule has 6 nitrogen and oxygen atoms in total. The van der Waals surface area contributed by atoms with Gasteiger partial charge >= 0.3 is 0 Å². The van der Waals surface area contributed by atoms with Crippen LogP contribution in [0.15, 0.2) is 77.4 Å². The Kier molecular flexibility index (Phi) is 7.39. The van der Waals surface area contributed by atoms with Crippen molar-refractivity contribution in [2.45, 2.75) is 53.1 Å². The van der Waals surface area contributed by atoms with Crippen LogP contribution in [0, 0.1) is 30.6 Å². The van der Waals surface area contributed by atoms with Gasteiger partial charge < -0.3 is 10.5 Å². The van der Waals surface area contributed by atoms with Gasteiger partial charge in [-0.3, -0.25) is 9.69 Å². The summed E-state index contributed by atoms with van der Waals surface area (Å²) in [6.45, 7) is 8.45. The van der Waals surface area contributed by atoms with Gasteiger partial charge in [0.15, 0.2) is 10.9 Å². The molecule has 0 radical (unpaired) electrons. The second-order valence-electron chi connectivity index (χ2n) is 11.2. The second kappa shape index (κ2) is 10.6. The molecular weight excluding hydrogens is 543 g/mol. The minimum Gasteiger partial charge on any atom is -0.489 e. The van der Waals surface area contributed by atoms with Crippen molar-refractivity contribution >= 4 is 34.7 Å². The first-order chi connectivity index (χ1) is 19.0. The highest BCUT2D eigenvalue weighted by Gasteiger charge is 2.45. The lowest BCUT2D eigenvalue weighted by molar-refractivity contribution is -0.118. The molecule has 1 unspecified atom stereocenters. The molecule has 2 heterocycles. The molecule has 0 fully saturated rings. The average Bonchev–Trinajstić information content (AvgIpc) is 2.89. The standard InChI is InChI=1S/C32H30Cl2N4O2/c1-18-12-20(17-40-22-9-7-21(33)8-10-22)19(2)23(13-18)28-24(16-35)31(36)38(25-6-5-11-37-30(25)34)26-14-32(3,4)15-27(39)29(26)28/h5-13,28H,14-15,17,36H2,1-4H3. The molecule has 8 heteroatoms. The molecule has 5 rings (SSSR count). The molecule has 0 saturated carbocycles. The summed E-state index contributed by atoms with van der Waals surface area (Å²) >= 11 is 12.5. The molecule has 0 spiro atoms. The van der Waals surface area contributed by atoms with E-state index in [0.29, 0.717) is 47.1 Å². The number of Topliss-reactive ketones (excluding diaryl/α,β-unsaturated/α-hetero) is 1. The minimum absolute atomic E-state index is 0.00128. The highest BCUT2D eigenvalue weighted by molar-refractivity contribution is 6.32. The summed E-state index contributed by atoms with van der Waals surface area (Å²) in [5.74, 6) is 0.349. The van der Waals surface area contributed by atoms with Crippen LogP contribution >= 0.6 is 23.2 Å². The molecule has 1 aliphatic carbocycles. The van der Waals surface area contributed by atoms with Gasteiger partial charge in [-0.05, 0) is 78.8 Å². The third-order valence-electron chi connectivity index (χ3n) is 7.58. The number of nitrogens with zero attached hydrogens (tertiary/aromatic N) is 3. The Hall–Kier alpha value is -3.79. The molecule has 0 amide bonds. The van der Waals surface area contributed by atoms with Crippen LogP contribution in [0.2, 0.25) is 10.2 Å². The third-order valence-corrected chi connectivity index (χ3v) is 8.12. The number of aromatic nitrogens is 1. The SMILES string of the molecule is Cc1cc(COc2ccc(Cl)cc2)c(C)c(C2C(C#N)=C(N)N(c3cccnc3Cl)C3=C2C(=O)CC(C)(C)C3)c1. The van der Waals surface area contributed by atoms with Crippen LogP contribution in [0.5, 0.6) is 5.75 Å². The number of anilines is 1. The Morgan fingerprint density at radius 2 is 1.88 bits per heavy atom. The molecule has 0 bridgehead atoms. The van der Waals surface area contributed by atoms with E-state index in [1.807, 2.05) is 32.0 Å². The van der Waals surface area contributed by atoms with Crippen molar-refractivity contribution < 1.29 is 9.53 Å². The number of allylic oxidation sites excluding steroid dienone is 3. The second-order valence-corrected chi connectivity index (χ2v) is 12.0. The minimum atomic E-state index is -0.607. The number of halogens is 2. The Balaban J connectivity index is 1.67. The molecular formula is C32H30Cl2N4O2. The van der Waals surface area contributed by atoms with E-state index < -0.39 is 5.92 Å². The summed E-state index contributed by atoms with van der Waals surface area (Å²) in [6, 6.07) is 17.2. The van der Waals surface area contributed by atoms with Crippen molar-refractivity contribution in [3.8, 4) is 11.8 Å². The molecule has 2 N–H and O–H groups in total. The predicted molar refractivity (Wildman–Crippen MR) is 158 cm³/mol. The number of hydrogen-bond acceptors (Lipinski definition) is 6. The topological polar surface area (TPSA) is 92.2 Å². The van der Waals surface area contributed by atoms with Gasteiger partial charge in [0.1, 0.15) is 18.2 Å². The number of aryl methyl sites for hydroxylation is 1. The number of rotatable bonds is 5. The molecule has 3 aromatic rings. The first-order valence-corrected chi connectivity index (χ1v) is 13.8. The van der Waals surface area contributed by atoms with Gasteiger partial charge in [-0.25, -0.2) is 4.98 Å². The van der Waals surface area contributed by atoms with Gasteiger partial charge in [-0.1, -0.05) is 54.7 Å².